The number of halogens is 1. The van der Waals surface area contributed by atoms with E-state index < -0.39 is 5.60 Å². The molecule has 0 radical (unpaired) electrons. The predicted octanol–water partition coefficient (Wildman–Crippen LogP) is 1.76. The van der Waals surface area contributed by atoms with Crippen molar-refractivity contribution in [3.8, 4) is 11.4 Å². The van der Waals surface area contributed by atoms with Crippen LogP contribution in [-0.2, 0) is 5.60 Å². The maximum Gasteiger partial charge on any atom is 0.260 e. The van der Waals surface area contributed by atoms with E-state index in [1.54, 1.807) is 6.07 Å². The summed E-state index contributed by atoms with van der Waals surface area (Å²) in [7, 11) is 0. The minimum Gasteiger partial charge on any atom is -0.379 e. The third-order valence-electron chi connectivity index (χ3n) is 3.63. The zero-order chi connectivity index (χ0) is 14.2. The van der Waals surface area contributed by atoms with Crippen LogP contribution in [0.25, 0.3) is 11.4 Å². The second-order valence-electron chi connectivity index (χ2n) is 5.19. The highest BCUT2D eigenvalue weighted by molar-refractivity contribution is 5.59. The van der Waals surface area contributed by atoms with Crippen molar-refractivity contribution in [2.75, 3.05) is 13.1 Å². The van der Waals surface area contributed by atoms with E-state index in [0.29, 0.717) is 24.4 Å². The van der Waals surface area contributed by atoms with Gasteiger partial charge in [-0.05, 0) is 44.0 Å². The third-order valence-corrected chi connectivity index (χ3v) is 3.63. The topological polar surface area (TPSA) is 71.2 Å². The maximum atomic E-state index is 13.3. The van der Waals surface area contributed by atoms with Crippen molar-refractivity contribution < 1.29 is 14.0 Å². The molecule has 1 unspecified atom stereocenters. The SMILES string of the molecule is Cc1ccc(F)cc1-c1noc(C2(O)CCCNC2)n1. The molecule has 6 heteroatoms. The molecule has 2 aromatic rings. The molecule has 1 fully saturated rings. The lowest BCUT2D eigenvalue weighted by atomic mass is 9.94. The Morgan fingerprint density at radius 1 is 1.45 bits per heavy atom. The largest absolute Gasteiger partial charge is 0.379 e. The number of β-amino-alcohol motifs (C(OH)–C–C–N with tert-alkyl or cyclic N) is 1. The molecule has 3 rings (SSSR count). The van der Waals surface area contributed by atoms with Gasteiger partial charge in [-0.1, -0.05) is 11.2 Å². The molecule has 0 amide bonds. The molecule has 5 nitrogen and oxygen atoms in total. The third kappa shape index (κ3) is 2.32. The fourth-order valence-electron chi connectivity index (χ4n) is 2.43. The van der Waals surface area contributed by atoms with Gasteiger partial charge in [0.2, 0.25) is 5.82 Å². The van der Waals surface area contributed by atoms with Crippen molar-refractivity contribution in [3.05, 3.63) is 35.5 Å². The van der Waals surface area contributed by atoms with E-state index in [-0.39, 0.29) is 11.7 Å². The Balaban J connectivity index is 1.95. The maximum absolute atomic E-state index is 13.3. The van der Waals surface area contributed by atoms with Crippen LogP contribution < -0.4 is 5.32 Å². The van der Waals surface area contributed by atoms with E-state index in [4.69, 9.17) is 4.52 Å². The minimum absolute atomic E-state index is 0.184. The molecule has 0 spiro atoms. The molecule has 1 aliphatic heterocycles. The molecule has 1 aromatic carbocycles. The van der Waals surface area contributed by atoms with Gasteiger partial charge < -0.3 is 14.9 Å². The van der Waals surface area contributed by atoms with Crippen molar-refractivity contribution >= 4 is 0 Å². The molecule has 106 valence electrons. The van der Waals surface area contributed by atoms with Gasteiger partial charge in [-0.3, -0.25) is 0 Å². The van der Waals surface area contributed by atoms with Gasteiger partial charge in [-0.25, -0.2) is 4.39 Å². The van der Waals surface area contributed by atoms with Gasteiger partial charge in [-0.15, -0.1) is 0 Å². The van der Waals surface area contributed by atoms with Crippen LogP contribution in [-0.4, -0.2) is 28.3 Å². The number of aryl methyl sites for hydroxylation is 1. The Hall–Kier alpha value is -1.79. The molecule has 2 heterocycles. The standard InChI is InChI=1S/C14H16FN3O2/c1-9-3-4-10(15)7-11(9)12-17-13(20-18-12)14(19)5-2-6-16-8-14/h3-4,7,16,19H,2,5-6,8H2,1H3. The quantitative estimate of drug-likeness (QED) is 0.875. The summed E-state index contributed by atoms with van der Waals surface area (Å²) < 4.78 is 18.5. The highest BCUT2D eigenvalue weighted by Crippen LogP contribution is 2.29. The van der Waals surface area contributed by atoms with Crippen molar-refractivity contribution in [2.45, 2.75) is 25.4 Å². The van der Waals surface area contributed by atoms with E-state index in [1.807, 2.05) is 6.92 Å². The van der Waals surface area contributed by atoms with Crippen molar-refractivity contribution in [1.82, 2.24) is 15.5 Å². The van der Waals surface area contributed by atoms with Crippen LogP contribution in [0.15, 0.2) is 22.7 Å². The minimum atomic E-state index is -1.13. The second kappa shape index (κ2) is 4.96. The van der Waals surface area contributed by atoms with E-state index in [2.05, 4.69) is 15.5 Å². The number of aromatic nitrogens is 2. The molecule has 0 aliphatic carbocycles. The van der Waals surface area contributed by atoms with Gasteiger partial charge in [-0.2, -0.15) is 4.98 Å². The fourth-order valence-corrected chi connectivity index (χ4v) is 2.43. The zero-order valence-corrected chi connectivity index (χ0v) is 11.2. The van der Waals surface area contributed by atoms with Crippen LogP contribution in [0.4, 0.5) is 4.39 Å². The lowest BCUT2D eigenvalue weighted by molar-refractivity contribution is -0.0167. The number of aliphatic hydroxyl groups is 1. The first-order valence-corrected chi connectivity index (χ1v) is 6.62. The number of nitrogens with one attached hydrogen (secondary N) is 1. The lowest BCUT2D eigenvalue weighted by Crippen LogP contribution is -2.43. The van der Waals surface area contributed by atoms with E-state index in [0.717, 1.165) is 18.5 Å². The van der Waals surface area contributed by atoms with Crippen LogP contribution in [0.1, 0.15) is 24.3 Å². The molecule has 20 heavy (non-hydrogen) atoms. The van der Waals surface area contributed by atoms with Crippen LogP contribution >= 0.6 is 0 Å². The number of benzene rings is 1. The average Bonchev–Trinajstić information content (AvgIpc) is 2.93. The summed E-state index contributed by atoms with van der Waals surface area (Å²) in [5.74, 6) is 0.134. The predicted molar refractivity (Wildman–Crippen MR) is 70.4 cm³/mol. The Labute approximate surface area is 115 Å². The summed E-state index contributed by atoms with van der Waals surface area (Å²) in [6.45, 7) is 3.10. The van der Waals surface area contributed by atoms with Gasteiger partial charge in [0, 0.05) is 12.1 Å². The normalized spacial score (nSPS) is 22.9. The molecular weight excluding hydrogens is 261 g/mol. The molecule has 1 aromatic heterocycles. The number of hydrogen-bond acceptors (Lipinski definition) is 5. The van der Waals surface area contributed by atoms with Crippen LogP contribution in [0, 0.1) is 12.7 Å². The number of hydrogen-bond donors (Lipinski definition) is 2. The Kier molecular flexibility index (Phi) is 3.27. The first-order chi connectivity index (χ1) is 9.58. The molecule has 2 N–H and O–H groups in total. The molecular formula is C14H16FN3O2. The first-order valence-electron chi connectivity index (χ1n) is 6.62. The summed E-state index contributed by atoms with van der Waals surface area (Å²) in [4.78, 5) is 4.24. The van der Waals surface area contributed by atoms with Gasteiger partial charge in [0.1, 0.15) is 5.82 Å². The van der Waals surface area contributed by atoms with E-state index in [9.17, 15) is 9.50 Å². The van der Waals surface area contributed by atoms with Gasteiger partial charge in [0.15, 0.2) is 5.60 Å². The molecule has 0 bridgehead atoms. The molecule has 1 aliphatic rings. The van der Waals surface area contributed by atoms with Gasteiger partial charge in [0.05, 0.1) is 0 Å². The summed E-state index contributed by atoms with van der Waals surface area (Å²) in [6.07, 6.45) is 1.41. The van der Waals surface area contributed by atoms with Crippen molar-refractivity contribution in [2.24, 2.45) is 0 Å². The summed E-state index contributed by atoms with van der Waals surface area (Å²) in [5.41, 5.74) is 0.296. The summed E-state index contributed by atoms with van der Waals surface area (Å²) in [6, 6.07) is 4.42. The molecule has 1 atom stereocenters. The summed E-state index contributed by atoms with van der Waals surface area (Å²) in [5, 5.41) is 17.5. The zero-order valence-electron chi connectivity index (χ0n) is 11.2. The van der Waals surface area contributed by atoms with Crippen LogP contribution in [0.2, 0.25) is 0 Å². The van der Waals surface area contributed by atoms with E-state index >= 15 is 0 Å². The van der Waals surface area contributed by atoms with Gasteiger partial charge >= 0.3 is 0 Å². The number of rotatable bonds is 2. The first kappa shape index (κ1) is 13.2. The second-order valence-corrected chi connectivity index (χ2v) is 5.19. The molecule has 0 saturated carbocycles. The lowest BCUT2D eigenvalue weighted by Gasteiger charge is -2.28. The van der Waals surface area contributed by atoms with Crippen LogP contribution in [0.5, 0.6) is 0 Å². The van der Waals surface area contributed by atoms with Crippen LogP contribution in [0.3, 0.4) is 0 Å². The fraction of sp³-hybridized carbons (Fsp3) is 0.429. The van der Waals surface area contributed by atoms with Crippen molar-refractivity contribution in [1.29, 1.82) is 0 Å². The highest BCUT2D eigenvalue weighted by atomic mass is 19.1. The number of nitrogens with zero attached hydrogens (tertiary/aromatic N) is 2. The average molecular weight is 277 g/mol. The van der Waals surface area contributed by atoms with E-state index in [1.165, 1.54) is 12.1 Å². The Bertz CT molecular complexity index is 621. The number of piperidine rings is 1. The summed E-state index contributed by atoms with van der Waals surface area (Å²) >= 11 is 0. The smallest absolute Gasteiger partial charge is 0.260 e. The van der Waals surface area contributed by atoms with Gasteiger partial charge in [0.25, 0.3) is 5.89 Å². The Morgan fingerprint density at radius 2 is 2.30 bits per heavy atom. The van der Waals surface area contributed by atoms with Crippen molar-refractivity contribution in [3.63, 3.8) is 0 Å². The highest BCUT2D eigenvalue weighted by Gasteiger charge is 2.37. The molecule has 1 saturated heterocycles. The monoisotopic (exact) mass is 277 g/mol. The Morgan fingerprint density at radius 3 is 3.05 bits per heavy atom.